The normalized spacial score (nSPS) is 27.9. The molecule has 16 heavy (non-hydrogen) atoms. The zero-order valence-electron chi connectivity index (χ0n) is 10.9. The largest absolute Gasteiger partial charge is 0.312 e. The van der Waals surface area contributed by atoms with Gasteiger partial charge in [0, 0.05) is 12.6 Å². The average molecular weight is 224 g/mol. The molecule has 0 spiro atoms. The van der Waals surface area contributed by atoms with Crippen LogP contribution in [0.3, 0.4) is 0 Å². The summed E-state index contributed by atoms with van der Waals surface area (Å²) >= 11 is 0. The SMILES string of the molecule is CCCCN1CCCC(NCC2CCC2)C1. The second kappa shape index (κ2) is 6.61. The number of hydrogen-bond donors (Lipinski definition) is 1. The Morgan fingerprint density at radius 2 is 2.06 bits per heavy atom. The van der Waals surface area contributed by atoms with Crippen LogP contribution in [0.5, 0.6) is 0 Å². The fourth-order valence-electron chi connectivity index (χ4n) is 2.84. The van der Waals surface area contributed by atoms with Crippen molar-refractivity contribution in [2.45, 2.75) is 57.9 Å². The predicted octanol–water partition coefficient (Wildman–Crippen LogP) is 2.64. The molecule has 0 aromatic heterocycles. The van der Waals surface area contributed by atoms with E-state index in [4.69, 9.17) is 0 Å². The molecule has 94 valence electrons. The standard InChI is InChI=1S/C14H28N2/c1-2-3-9-16-10-5-8-14(12-16)15-11-13-6-4-7-13/h13-15H,2-12H2,1H3. The van der Waals surface area contributed by atoms with Crippen molar-refractivity contribution in [2.24, 2.45) is 5.92 Å². The van der Waals surface area contributed by atoms with Crippen LogP contribution < -0.4 is 5.32 Å². The highest BCUT2D eigenvalue weighted by Gasteiger charge is 2.22. The van der Waals surface area contributed by atoms with Gasteiger partial charge in [-0.05, 0) is 57.7 Å². The number of likely N-dealkylation sites (tertiary alicyclic amines) is 1. The third-order valence-corrected chi connectivity index (χ3v) is 4.25. The van der Waals surface area contributed by atoms with Gasteiger partial charge in [-0.3, -0.25) is 0 Å². The van der Waals surface area contributed by atoms with Gasteiger partial charge < -0.3 is 10.2 Å². The van der Waals surface area contributed by atoms with Crippen LogP contribution in [0.25, 0.3) is 0 Å². The molecule has 0 radical (unpaired) electrons. The molecular formula is C14H28N2. The summed E-state index contributed by atoms with van der Waals surface area (Å²) in [5, 5.41) is 3.79. The Balaban J connectivity index is 1.61. The number of piperidine rings is 1. The zero-order chi connectivity index (χ0) is 11.2. The molecule has 1 aliphatic heterocycles. The van der Waals surface area contributed by atoms with E-state index in [0.29, 0.717) is 0 Å². The smallest absolute Gasteiger partial charge is 0.0195 e. The predicted molar refractivity (Wildman–Crippen MR) is 69.7 cm³/mol. The highest BCUT2D eigenvalue weighted by molar-refractivity contribution is 4.80. The maximum atomic E-state index is 3.79. The van der Waals surface area contributed by atoms with Gasteiger partial charge in [0.1, 0.15) is 0 Å². The quantitative estimate of drug-likeness (QED) is 0.746. The first kappa shape index (κ1) is 12.4. The monoisotopic (exact) mass is 224 g/mol. The van der Waals surface area contributed by atoms with Gasteiger partial charge in [-0.1, -0.05) is 19.8 Å². The van der Waals surface area contributed by atoms with Crippen molar-refractivity contribution < 1.29 is 0 Å². The highest BCUT2D eigenvalue weighted by atomic mass is 15.2. The third-order valence-electron chi connectivity index (χ3n) is 4.25. The number of hydrogen-bond acceptors (Lipinski definition) is 2. The Morgan fingerprint density at radius 1 is 1.19 bits per heavy atom. The van der Waals surface area contributed by atoms with E-state index in [9.17, 15) is 0 Å². The van der Waals surface area contributed by atoms with E-state index in [1.54, 1.807) is 0 Å². The van der Waals surface area contributed by atoms with Crippen molar-refractivity contribution in [3.63, 3.8) is 0 Å². The molecule has 1 heterocycles. The summed E-state index contributed by atoms with van der Waals surface area (Å²) in [6.45, 7) is 7.52. The van der Waals surface area contributed by atoms with E-state index < -0.39 is 0 Å². The van der Waals surface area contributed by atoms with Gasteiger partial charge in [-0.15, -0.1) is 0 Å². The highest BCUT2D eigenvalue weighted by Crippen LogP contribution is 2.25. The van der Waals surface area contributed by atoms with Gasteiger partial charge in [0.2, 0.25) is 0 Å². The van der Waals surface area contributed by atoms with Crippen LogP contribution in [-0.2, 0) is 0 Å². The lowest BCUT2D eigenvalue weighted by molar-refractivity contribution is 0.177. The first-order valence-electron chi connectivity index (χ1n) is 7.34. The van der Waals surface area contributed by atoms with Gasteiger partial charge in [-0.2, -0.15) is 0 Å². The summed E-state index contributed by atoms with van der Waals surface area (Å²) < 4.78 is 0. The fraction of sp³-hybridized carbons (Fsp3) is 1.00. The molecule has 0 aromatic carbocycles. The second-order valence-corrected chi connectivity index (χ2v) is 5.70. The van der Waals surface area contributed by atoms with Crippen LogP contribution in [0.2, 0.25) is 0 Å². The molecule has 2 aliphatic rings. The Hall–Kier alpha value is -0.0800. The van der Waals surface area contributed by atoms with Gasteiger partial charge >= 0.3 is 0 Å². The summed E-state index contributed by atoms with van der Waals surface area (Å²) in [6, 6.07) is 0.784. The summed E-state index contributed by atoms with van der Waals surface area (Å²) in [4.78, 5) is 2.66. The second-order valence-electron chi connectivity index (χ2n) is 5.70. The zero-order valence-corrected chi connectivity index (χ0v) is 10.9. The number of unbranched alkanes of at least 4 members (excludes halogenated alkanes) is 1. The summed E-state index contributed by atoms with van der Waals surface area (Å²) in [5.74, 6) is 1.01. The molecular weight excluding hydrogens is 196 g/mol. The fourth-order valence-corrected chi connectivity index (χ4v) is 2.84. The lowest BCUT2D eigenvalue weighted by Crippen LogP contribution is -2.47. The molecule has 2 heteroatoms. The van der Waals surface area contributed by atoms with Crippen molar-refractivity contribution in [1.29, 1.82) is 0 Å². The average Bonchev–Trinajstić information content (AvgIpc) is 2.25. The number of rotatable bonds is 6. The van der Waals surface area contributed by atoms with Crippen LogP contribution in [0.1, 0.15) is 51.9 Å². The van der Waals surface area contributed by atoms with Crippen LogP contribution >= 0.6 is 0 Å². The van der Waals surface area contributed by atoms with E-state index in [0.717, 1.165) is 12.0 Å². The molecule has 1 N–H and O–H groups in total. The molecule has 0 aromatic rings. The third kappa shape index (κ3) is 3.74. The van der Waals surface area contributed by atoms with E-state index in [1.807, 2.05) is 0 Å². The van der Waals surface area contributed by atoms with Crippen molar-refractivity contribution in [3.05, 3.63) is 0 Å². The lowest BCUT2D eigenvalue weighted by Gasteiger charge is -2.35. The summed E-state index contributed by atoms with van der Waals surface area (Å²) in [5.41, 5.74) is 0. The van der Waals surface area contributed by atoms with E-state index in [-0.39, 0.29) is 0 Å². The van der Waals surface area contributed by atoms with Crippen molar-refractivity contribution in [2.75, 3.05) is 26.2 Å². The van der Waals surface area contributed by atoms with E-state index in [1.165, 1.54) is 71.1 Å². The van der Waals surface area contributed by atoms with E-state index >= 15 is 0 Å². The number of nitrogens with zero attached hydrogens (tertiary/aromatic N) is 1. The van der Waals surface area contributed by atoms with Crippen molar-refractivity contribution in [3.8, 4) is 0 Å². The first-order chi connectivity index (χ1) is 7.88. The summed E-state index contributed by atoms with van der Waals surface area (Å²) in [7, 11) is 0. The molecule has 2 rings (SSSR count). The molecule has 1 unspecified atom stereocenters. The molecule has 1 aliphatic carbocycles. The first-order valence-corrected chi connectivity index (χ1v) is 7.34. The van der Waals surface area contributed by atoms with Crippen molar-refractivity contribution in [1.82, 2.24) is 10.2 Å². The Morgan fingerprint density at radius 3 is 2.75 bits per heavy atom. The minimum Gasteiger partial charge on any atom is -0.312 e. The Labute approximate surface area is 101 Å². The molecule has 2 fully saturated rings. The van der Waals surface area contributed by atoms with Crippen molar-refractivity contribution >= 4 is 0 Å². The Kier molecular flexibility index (Phi) is 5.11. The van der Waals surface area contributed by atoms with Gasteiger partial charge in [0.15, 0.2) is 0 Å². The topological polar surface area (TPSA) is 15.3 Å². The van der Waals surface area contributed by atoms with Gasteiger partial charge in [0.25, 0.3) is 0 Å². The van der Waals surface area contributed by atoms with Crippen LogP contribution in [-0.4, -0.2) is 37.1 Å². The van der Waals surface area contributed by atoms with E-state index in [2.05, 4.69) is 17.1 Å². The molecule has 0 amide bonds. The van der Waals surface area contributed by atoms with Crippen LogP contribution in [0.4, 0.5) is 0 Å². The Bertz CT molecular complexity index is 189. The lowest BCUT2D eigenvalue weighted by atomic mass is 9.85. The van der Waals surface area contributed by atoms with Gasteiger partial charge in [-0.25, -0.2) is 0 Å². The minimum atomic E-state index is 0.784. The molecule has 1 saturated carbocycles. The minimum absolute atomic E-state index is 0.784. The van der Waals surface area contributed by atoms with Crippen LogP contribution in [0, 0.1) is 5.92 Å². The van der Waals surface area contributed by atoms with Crippen LogP contribution in [0.15, 0.2) is 0 Å². The molecule has 0 bridgehead atoms. The maximum Gasteiger partial charge on any atom is 0.0195 e. The number of nitrogens with one attached hydrogen (secondary N) is 1. The molecule has 1 saturated heterocycles. The van der Waals surface area contributed by atoms with Gasteiger partial charge in [0.05, 0.1) is 0 Å². The summed E-state index contributed by atoms with van der Waals surface area (Å²) in [6.07, 6.45) is 9.91. The molecule has 2 nitrogen and oxygen atoms in total. The maximum absolute atomic E-state index is 3.79. The molecule has 1 atom stereocenters.